The van der Waals surface area contributed by atoms with Crippen molar-refractivity contribution in [3.8, 4) is 0 Å². The van der Waals surface area contributed by atoms with E-state index in [1.54, 1.807) is 6.07 Å². The van der Waals surface area contributed by atoms with Crippen LogP contribution in [0.2, 0.25) is 0 Å². The highest BCUT2D eigenvalue weighted by molar-refractivity contribution is 5.85. The predicted octanol–water partition coefficient (Wildman–Crippen LogP) is 3.02. The average Bonchev–Trinajstić information content (AvgIpc) is 2.78. The van der Waals surface area contributed by atoms with E-state index in [4.69, 9.17) is 4.42 Å². The van der Waals surface area contributed by atoms with E-state index in [1.807, 2.05) is 0 Å². The number of halogens is 2. The Balaban J connectivity index is 0.00000200. The number of furan rings is 1. The minimum atomic E-state index is -0.485. The van der Waals surface area contributed by atoms with Gasteiger partial charge in [-0.1, -0.05) is 20.8 Å². The molecule has 0 amide bonds. The zero-order valence-electron chi connectivity index (χ0n) is 12.5. The third-order valence-electron chi connectivity index (χ3n) is 3.40. The number of nitro groups is 1. The molecule has 0 radical (unpaired) electrons. The number of nitrogens with one attached hydrogen (secondary N) is 1. The van der Waals surface area contributed by atoms with E-state index in [0.29, 0.717) is 5.76 Å². The first kappa shape index (κ1) is 20.2. The smallest absolute Gasteiger partial charge is 0.404 e. The Morgan fingerprint density at radius 2 is 1.86 bits per heavy atom. The summed E-state index contributed by atoms with van der Waals surface area (Å²) < 4.78 is 5.43. The van der Waals surface area contributed by atoms with E-state index in [1.165, 1.54) is 6.07 Å². The number of piperazine rings is 1. The van der Waals surface area contributed by atoms with Gasteiger partial charge in [-0.3, -0.25) is 15.0 Å². The van der Waals surface area contributed by atoms with Crippen molar-refractivity contribution in [3.63, 3.8) is 0 Å². The maximum atomic E-state index is 10.8. The van der Waals surface area contributed by atoms with Crippen LogP contribution in [0.5, 0.6) is 0 Å². The Hall–Kier alpha value is -0.820. The van der Waals surface area contributed by atoms with Crippen LogP contribution in [0.15, 0.2) is 16.5 Å². The molecule has 8 heteroatoms. The molecule has 1 aliphatic rings. The fourth-order valence-electron chi connectivity index (χ4n) is 2.68. The quantitative estimate of drug-likeness (QED) is 0.676. The number of hydrogen-bond donors (Lipinski definition) is 1. The zero-order valence-corrected chi connectivity index (χ0v) is 14.1. The molecule has 1 atom stereocenters. The first-order valence-electron chi connectivity index (χ1n) is 6.58. The lowest BCUT2D eigenvalue weighted by Crippen LogP contribution is -2.48. The Labute approximate surface area is 137 Å². The highest BCUT2D eigenvalue weighted by Crippen LogP contribution is 2.39. The van der Waals surface area contributed by atoms with Gasteiger partial charge in [-0.25, -0.2) is 0 Å². The van der Waals surface area contributed by atoms with Crippen LogP contribution in [-0.2, 0) is 0 Å². The van der Waals surface area contributed by atoms with Gasteiger partial charge in [0.25, 0.3) is 0 Å². The van der Waals surface area contributed by atoms with Crippen molar-refractivity contribution in [2.75, 3.05) is 26.2 Å². The summed E-state index contributed by atoms with van der Waals surface area (Å²) in [6.45, 7) is 10.1. The van der Waals surface area contributed by atoms with Gasteiger partial charge in [0.05, 0.1) is 12.1 Å². The van der Waals surface area contributed by atoms with Crippen molar-refractivity contribution in [1.29, 1.82) is 0 Å². The van der Waals surface area contributed by atoms with Crippen LogP contribution in [0.4, 0.5) is 5.88 Å². The molecule has 1 aliphatic heterocycles. The van der Waals surface area contributed by atoms with Crippen molar-refractivity contribution in [1.82, 2.24) is 10.2 Å². The fraction of sp³-hybridized carbons (Fsp3) is 0.692. The molecule has 1 aromatic rings. The molecule has 1 aromatic heterocycles. The van der Waals surface area contributed by atoms with E-state index in [0.717, 1.165) is 26.2 Å². The van der Waals surface area contributed by atoms with E-state index in [-0.39, 0.29) is 42.2 Å². The molecular weight excluding hydrogens is 317 g/mol. The molecule has 2 rings (SSSR count). The van der Waals surface area contributed by atoms with Crippen LogP contribution < -0.4 is 5.32 Å². The van der Waals surface area contributed by atoms with Crippen molar-refractivity contribution < 1.29 is 9.34 Å². The second-order valence-corrected chi connectivity index (χ2v) is 5.99. The molecule has 1 saturated heterocycles. The van der Waals surface area contributed by atoms with Gasteiger partial charge in [-0.2, -0.15) is 0 Å². The molecule has 0 aromatic carbocycles. The minimum absolute atomic E-state index is 0. The van der Waals surface area contributed by atoms with Crippen LogP contribution in [0.3, 0.4) is 0 Å². The molecule has 21 heavy (non-hydrogen) atoms. The maximum absolute atomic E-state index is 10.8. The van der Waals surface area contributed by atoms with Gasteiger partial charge in [0, 0.05) is 26.2 Å². The van der Waals surface area contributed by atoms with E-state index in [9.17, 15) is 10.1 Å². The number of rotatable bonds is 3. The van der Waals surface area contributed by atoms with Gasteiger partial charge in [-0.05, 0) is 11.5 Å². The third-order valence-corrected chi connectivity index (χ3v) is 3.40. The molecule has 0 spiro atoms. The van der Waals surface area contributed by atoms with Crippen LogP contribution in [0.1, 0.15) is 32.6 Å². The van der Waals surface area contributed by atoms with Crippen LogP contribution in [-0.4, -0.2) is 36.0 Å². The number of hydrogen-bond acceptors (Lipinski definition) is 5. The van der Waals surface area contributed by atoms with Gasteiger partial charge in [0.2, 0.25) is 0 Å². The first-order valence-corrected chi connectivity index (χ1v) is 6.58. The lowest BCUT2D eigenvalue weighted by molar-refractivity contribution is -0.402. The molecule has 0 unspecified atom stereocenters. The summed E-state index contributed by atoms with van der Waals surface area (Å²) in [6, 6.07) is 3.23. The van der Waals surface area contributed by atoms with Gasteiger partial charge in [0.15, 0.2) is 0 Å². The molecule has 0 bridgehead atoms. The largest absolute Gasteiger partial charge is 0.433 e. The summed E-state index contributed by atoms with van der Waals surface area (Å²) in [7, 11) is 0. The molecule has 0 aliphatic carbocycles. The second kappa shape index (κ2) is 7.98. The Morgan fingerprint density at radius 3 is 2.29 bits per heavy atom. The third kappa shape index (κ3) is 4.85. The van der Waals surface area contributed by atoms with Crippen LogP contribution in [0, 0.1) is 15.5 Å². The van der Waals surface area contributed by atoms with Gasteiger partial charge >= 0.3 is 5.88 Å². The van der Waals surface area contributed by atoms with Gasteiger partial charge < -0.3 is 9.73 Å². The maximum Gasteiger partial charge on any atom is 0.433 e. The topological polar surface area (TPSA) is 71.5 Å². The van der Waals surface area contributed by atoms with Crippen molar-refractivity contribution in [2.45, 2.75) is 26.8 Å². The highest BCUT2D eigenvalue weighted by atomic mass is 35.5. The summed E-state index contributed by atoms with van der Waals surface area (Å²) in [5.74, 6) is 0.500. The minimum Gasteiger partial charge on any atom is -0.404 e. The van der Waals surface area contributed by atoms with E-state index < -0.39 is 4.92 Å². The summed E-state index contributed by atoms with van der Waals surface area (Å²) in [5, 5.41) is 14.1. The summed E-state index contributed by atoms with van der Waals surface area (Å²) >= 11 is 0. The van der Waals surface area contributed by atoms with Gasteiger partial charge in [-0.15, -0.1) is 24.8 Å². The van der Waals surface area contributed by atoms with Crippen LogP contribution in [0.25, 0.3) is 0 Å². The predicted molar refractivity (Wildman–Crippen MR) is 86.5 cm³/mol. The van der Waals surface area contributed by atoms with Crippen molar-refractivity contribution in [3.05, 3.63) is 28.0 Å². The summed E-state index contributed by atoms with van der Waals surface area (Å²) in [6.07, 6.45) is 0. The highest BCUT2D eigenvalue weighted by Gasteiger charge is 2.35. The Bertz CT molecular complexity index is 454. The second-order valence-electron chi connectivity index (χ2n) is 5.99. The van der Waals surface area contributed by atoms with Crippen molar-refractivity contribution in [2.24, 2.45) is 5.41 Å². The monoisotopic (exact) mass is 339 g/mol. The Kier molecular flexibility index (Phi) is 7.67. The Morgan fingerprint density at radius 1 is 1.29 bits per heavy atom. The fourth-order valence-corrected chi connectivity index (χ4v) is 2.68. The summed E-state index contributed by atoms with van der Waals surface area (Å²) in [5.41, 5.74) is -0.0386. The molecule has 1 fully saturated rings. The van der Waals surface area contributed by atoms with Gasteiger partial charge in [0.1, 0.15) is 10.7 Å². The molecular formula is C13H23Cl2N3O3. The van der Waals surface area contributed by atoms with E-state index in [2.05, 4.69) is 31.0 Å². The van der Waals surface area contributed by atoms with Crippen LogP contribution >= 0.6 is 24.8 Å². The van der Waals surface area contributed by atoms with Crippen molar-refractivity contribution >= 4 is 30.7 Å². The lowest BCUT2D eigenvalue weighted by Gasteiger charge is -2.40. The molecule has 2 heterocycles. The molecule has 0 saturated carbocycles. The first-order chi connectivity index (χ1) is 8.89. The number of nitrogens with zero attached hydrogens (tertiary/aromatic N) is 2. The SMILES string of the molecule is CC(C)(C)[C@@H](c1ccc([N+](=O)[O-])o1)N1CCNCC1.Cl.Cl. The lowest BCUT2D eigenvalue weighted by atomic mass is 9.84. The molecule has 122 valence electrons. The summed E-state index contributed by atoms with van der Waals surface area (Å²) in [4.78, 5) is 12.6. The molecule has 1 N–H and O–H groups in total. The molecule has 6 nitrogen and oxygen atoms in total. The van der Waals surface area contributed by atoms with E-state index >= 15 is 0 Å². The standard InChI is InChI=1S/C13H21N3O3.2ClH/c1-13(2,3)12(15-8-6-14-7-9-15)10-4-5-11(19-10)16(17)18;;/h4-5,12,14H,6-9H2,1-3H3;2*1H/t12-;;/m1../s1. The normalized spacial score (nSPS) is 17.5. The zero-order chi connectivity index (χ0) is 14.0. The average molecular weight is 340 g/mol.